The van der Waals surface area contributed by atoms with Gasteiger partial charge in [0, 0.05) is 31.2 Å². The average molecular weight is 294 g/mol. The topological polar surface area (TPSA) is 41.6 Å². The number of hydrogen-bond donors (Lipinski definition) is 1. The highest BCUT2D eigenvalue weighted by Crippen LogP contribution is 2.29. The molecule has 1 heterocycles. The van der Waals surface area contributed by atoms with E-state index in [-0.39, 0.29) is 11.9 Å². The van der Waals surface area contributed by atoms with E-state index >= 15 is 0 Å². The normalized spacial score (nSPS) is 32.6. The maximum atomic E-state index is 12.0. The van der Waals surface area contributed by atoms with Crippen LogP contribution in [0.1, 0.15) is 57.8 Å². The van der Waals surface area contributed by atoms with Gasteiger partial charge in [-0.15, -0.1) is 0 Å². The summed E-state index contributed by atoms with van der Waals surface area (Å²) in [4.78, 5) is 14.6. The summed E-state index contributed by atoms with van der Waals surface area (Å²) in [7, 11) is 1.52. The van der Waals surface area contributed by atoms with Gasteiger partial charge in [0.15, 0.2) is 0 Å². The summed E-state index contributed by atoms with van der Waals surface area (Å²) in [5.74, 6) is 0.0409. The van der Waals surface area contributed by atoms with Crippen molar-refractivity contribution in [2.75, 3.05) is 20.2 Å². The third-order valence-electron chi connectivity index (χ3n) is 5.68. The van der Waals surface area contributed by atoms with Crippen molar-refractivity contribution in [2.24, 2.45) is 5.92 Å². The van der Waals surface area contributed by atoms with Crippen molar-refractivity contribution in [2.45, 2.75) is 75.9 Å². The Labute approximate surface area is 128 Å². The van der Waals surface area contributed by atoms with Crippen LogP contribution in [-0.4, -0.2) is 49.2 Å². The molecule has 0 bridgehead atoms. The fourth-order valence-electron chi connectivity index (χ4n) is 4.58. The summed E-state index contributed by atoms with van der Waals surface area (Å²) < 4.78 is 5.03. The first-order chi connectivity index (χ1) is 10.3. The van der Waals surface area contributed by atoms with Crippen LogP contribution >= 0.6 is 0 Å². The van der Waals surface area contributed by atoms with Crippen molar-refractivity contribution < 1.29 is 9.53 Å². The third-order valence-corrected chi connectivity index (χ3v) is 5.68. The molecule has 1 saturated heterocycles. The first-order valence-corrected chi connectivity index (χ1v) is 8.84. The van der Waals surface area contributed by atoms with Gasteiger partial charge < -0.3 is 10.1 Å². The largest absolute Gasteiger partial charge is 0.469 e. The second kappa shape index (κ2) is 7.10. The molecule has 4 heteroatoms. The van der Waals surface area contributed by atoms with Crippen LogP contribution in [0.3, 0.4) is 0 Å². The van der Waals surface area contributed by atoms with Gasteiger partial charge in [0.1, 0.15) is 0 Å². The molecule has 3 fully saturated rings. The summed E-state index contributed by atoms with van der Waals surface area (Å²) in [6.45, 7) is 2.02. The Morgan fingerprint density at radius 2 is 1.67 bits per heavy atom. The maximum absolute atomic E-state index is 12.0. The molecule has 0 spiro atoms. The number of carbonyl (C=O) groups is 1. The number of esters is 1. The zero-order chi connectivity index (χ0) is 14.7. The highest BCUT2D eigenvalue weighted by atomic mass is 16.5. The molecule has 4 nitrogen and oxygen atoms in total. The number of nitrogens with one attached hydrogen (secondary N) is 1. The van der Waals surface area contributed by atoms with E-state index in [1.165, 1.54) is 58.5 Å². The van der Waals surface area contributed by atoms with Gasteiger partial charge >= 0.3 is 5.97 Å². The molecule has 2 saturated carbocycles. The Kier molecular flexibility index (Phi) is 5.17. The van der Waals surface area contributed by atoms with Crippen molar-refractivity contribution in [1.29, 1.82) is 0 Å². The summed E-state index contributed by atoms with van der Waals surface area (Å²) in [5.41, 5.74) is 0. The van der Waals surface area contributed by atoms with Gasteiger partial charge in [-0.05, 0) is 32.1 Å². The van der Waals surface area contributed by atoms with Gasteiger partial charge in [-0.25, -0.2) is 0 Å². The van der Waals surface area contributed by atoms with Crippen LogP contribution in [-0.2, 0) is 9.53 Å². The van der Waals surface area contributed by atoms with Crippen LogP contribution in [0.2, 0.25) is 0 Å². The molecule has 0 radical (unpaired) electrons. The minimum Gasteiger partial charge on any atom is -0.469 e. The second-order valence-corrected chi connectivity index (χ2v) is 7.19. The molecule has 2 unspecified atom stereocenters. The zero-order valence-electron chi connectivity index (χ0n) is 13.4. The van der Waals surface area contributed by atoms with E-state index in [1.807, 2.05) is 0 Å². The molecule has 120 valence electrons. The number of piperidine rings is 1. The maximum Gasteiger partial charge on any atom is 0.310 e. The molecule has 0 amide bonds. The Balaban J connectivity index is 1.62. The second-order valence-electron chi connectivity index (χ2n) is 7.19. The Morgan fingerprint density at radius 1 is 1.00 bits per heavy atom. The van der Waals surface area contributed by atoms with Gasteiger partial charge in [0.2, 0.25) is 0 Å². The smallest absolute Gasteiger partial charge is 0.310 e. The van der Waals surface area contributed by atoms with Crippen molar-refractivity contribution in [3.8, 4) is 0 Å². The van der Waals surface area contributed by atoms with Crippen LogP contribution in [0.15, 0.2) is 0 Å². The minimum atomic E-state index is -0.0177. The van der Waals surface area contributed by atoms with Gasteiger partial charge in [-0.2, -0.15) is 0 Å². The average Bonchev–Trinajstić information content (AvgIpc) is 3.19. The van der Waals surface area contributed by atoms with E-state index in [1.54, 1.807) is 0 Å². The number of ether oxygens (including phenoxy) is 1. The van der Waals surface area contributed by atoms with E-state index in [4.69, 9.17) is 4.74 Å². The first-order valence-electron chi connectivity index (χ1n) is 8.84. The summed E-state index contributed by atoms with van der Waals surface area (Å²) in [6, 6.07) is 1.84. The van der Waals surface area contributed by atoms with Gasteiger partial charge in [-0.1, -0.05) is 25.7 Å². The molecule has 1 N–H and O–H groups in total. The van der Waals surface area contributed by atoms with Crippen LogP contribution in [0.5, 0.6) is 0 Å². The SMILES string of the molecule is COC(=O)C1CC(NC2CCCC2)CN(C2CCCC2)C1. The fourth-order valence-corrected chi connectivity index (χ4v) is 4.58. The van der Waals surface area contributed by atoms with Crippen molar-refractivity contribution in [3.63, 3.8) is 0 Å². The van der Waals surface area contributed by atoms with Crippen LogP contribution < -0.4 is 5.32 Å². The lowest BCUT2D eigenvalue weighted by Gasteiger charge is -2.41. The Morgan fingerprint density at radius 3 is 2.33 bits per heavy atom. The molecule has 3 rings (SSSR count). The molecular weight excluding hydrogens is 264 g/mol. The van der Waals surface area contributed by atoms with Crippen molar-refractivity contribution in [3.05, 3.63) is 0 Å². The molecular formula is C17H30N2O2. The lowest BCUT2D eigenvalue weighted by molar-refractivity contribution is -0.148. The van der Waals surface area contributed by atoms with Gasteiger partial charge in [0.25, 0.3) is 0 Å². The molecule has 21 heavy (non-hydrogen) atoms. The minimum absolute atomic E-state index is 0.0177. The lowest BCUT2D eigenvalue weighted by atomic mass is 9.92. The quantitative estimate of drug-likeness (QED) is 0.808. The molecule has 0 aromatic rings. The molecule has 1 aliphatic heterocycles. The number of hydrogen-bond acceptors (Lipinski definition) is 4. The highest BCUT2D eigenvalue weighted by Gasteiger charge is 2.36. The van der Waals surface area contributed by atoms with E-state index in [9.17, 15) is 4.79 Å². The molecule has 0 aromatic carbocycles. The number of carbonyl (C=O) groups excluding carboxylic acids is 1. The molecule has 2 aliphatic carbocycles. The van der Waals surface area contributed by atoms with E-state index in [0.29, 0.717) is 18.1 Å². The van der Waals surface area contributed by atoms with E-state index in [0.717, 1.165) is 19.5 Å². The number of likely N-dealkylation sites (tertiary alicyclic amines) is 1. The lowest BCUT2D eigenvalue weighted by Crippen LogP contribution is -2.55. The van der Waals surface area contributed by atoms with Gasteiger partial charge in [0.05, 0.1) is 13.0 Å². The Bertz CT molecular complexity index is 349. The van der Waals surface area contributed by atoms with Crippen molar-refractivity contribution >= 4 is 5.97 Å². The van der Waals surface area contributed by atoms with Gasteiger partial charge in [-0.3, -0.25) is 9.69 Å². The predicted molar refractivity (Wildman–Crippen MR) is 83.1 cm³/mol. The number of rotatable bonds is 4. The monoisotopic (exact) mass is 294 g/mol. The number of nitrogens with zero attached hydrogens (tertiary/aromatic N) is 1. The highest BCUT2D eigenvalue weighted by molar-refractivity contribution is 5.72. The fraction of sp³-hybridized carbons (Fsp3) is 0.941. The van der Waals surface area contributed by atoms with E-state index in [2.05, 4.69) is 10.2 Å². The van der Waals surface area contributed by atoms with Crippen LogP contribution in [0, 0.1) is 5.92 Å². The predicted octanol–water partition coefficient (Wildman–Crippen LogP) is 2.32. The first kappa shape index (κ1) is 15.3. The van der Waals surface area contributed by atoms with Crippen LogP contribution in [0.25, 0.3) is 0 Å². The molecule has 3 aliphatic rings. The summed E-state index contributed by atoms with van der Waals surface area (Å²) in [6.07, 6.45) is 11.6. The number of methoxy groups -OCH3 is 1. The summed E-state index contributed by atoms with van der Waals surface area (Å²) >= 11 is 0. The standard InChI is InChI=1S/C17H30N2O2/c1-21-17(20)13-10-15(18-14-6-2-3-7-14)12-19(11-13)16-8-4-5-9-16/h13-16,18H,2-12H2,1H3. The van der Waals surface area contributed by atoms with Crippen molar-refractivity contribution in [1.82, 2.24) is 10.2 Å². The van der Waals surface area contributed by atoms with E-state index < -0.39 is 0 Å². The third kappa shape index (κ3) is 3.78. The van der Waals surface area contributed by atoms with Crippen LogP contribution in [0.4, 0.5) is 0 Å². The summed E-state index contributed by atoms with van der Waals surface area (Å²) in [5, 5.41) is 3.83. The molecule has 0 aromatic heterocycles. The molecule has 2 atom stereocenters. The zero-order valence-corrected chi connectivity index (χ0v) is 13.4. The Hall–Kier alpha value is -0.610.